The number of nitrogens with one attached hydrogen (secondary N) is 2. The number of carbonyl (C=O) groups excluding carboxylic acids is 1. The molecule has 0 bridgehead atoms. The zero-order valence-electron chi connectivity index (χ0n) is 24.7. The Morgan fingerprint density at radius 1 is 1.00 bits per heavy atom. The fraction of sp³-hybridized carbons (Fsp3) is 0.625. The predicted molar refractivity (Wildman–Crippen MR) is 164 cm³/mol. The van der Waals surface area contributed by atoms with Gasteiger partial charge in [0.1, 0.15) is 5.65 Å². The first-order chi connectivity index (χ1) is 20.0. The number of rotatable bonds is 10. The van der Waals surface area contributed by atoms with Gasteiger partial charge in [0, 0.05) is 74.7 Å². The first-order valence-corrected chi connectivity index (χ1v) is 15.8. The monoisotopic (exact) mass is 559 g/mol. The highest BCUT2D eigenvalue weighted by molar-refractivity contribution is 6.04. The van der Waals surface area contributed by atoms with Gasteiger partial charge in [0.25, 0.3) is 5.56 Å². The molecule has 9 heteroatoms. The average Bonchev–Trinajstić information content (AvgIpc) is 3.82. The highest BCUT2D eigenvalue weighted by Crippen LogP contribution is 2.35. The third-order valence-corrected chi connectivity index (χ3v) is 9.33. The lowest BCUT2D eigenvalue weighted by atomic mass is 9.85. The molecule has 220 valence electrons. The normalized spacial score (nSPS) is 22.3. The molecule has 0 spiro atoms. The van der Waals surface area contributed by atoms with Crippen LogP contribution in [0.25, 0.3) is 21.8 Å². The van der Waals surface area contributed by atoms with Crippen molar-refractivity contribution in [1.29, 1.82) is 0 Å². The van der Waals surface area contributed by atoms with E-state index in [2.05, 4.69) is 57.6 Å². The van der Waals surface area contributed by atoms with Gasteiger partial charge in [-0.05, 0) is 74.9 Å². The van der Waals surface area contributed by atoms with Crippen molar-refractivity contribution in [1.82, 2.24) is 29.7 Å². The molecule has 41 heavy (non-hydrogen) atoms. The molecule has 0 radical (unpaired) electrons. The minimum atomic E-state index is 0.0153. The molecular formula is C32H45N7O2. The van der Waals surface area contributed by atoms with E-state index in [0.29, 0.717) is 17.5 Å². The van der Waals surface area contributed by atoms with Crippen molar-refractivity contribution < 1.29 is 4.79 Å². The third kappa shape index (κ3) is 6.41. The molecule has 1 aromatic carbocycles. The number of hydrogen-bond donors (Lipinski definition) is 2. The lowest BCUT2D eigenvalue weighted by Gasteiger charge is -2.32. The first-order valence-electron chi connectivity index (χ1n) is 15.8. The molecule has 9 nitrogen and oxygen atoms in total. The van der Waals surface area contributed by atoms with E-state index in [4.69, 9.17) is 4.98 Å². The molecule has 2 N–H and O–H groups in total. The van der Waals surface area contributed by atoms with E-state index in [0.717, 1.165) is 100 Å². The SMILES string of the molecule is CCCCNc1ncc2c3ccc(CN4CCN(C)CC4)cc3c(=O)n([C@H]3CC[C@H](C(=O)NCC4CC4)CC3)c2n1. The van der Waals surface area contributed by atoms with Crippen LogP contribution in [0.5, 0.6) is 0 Å². The molecule has 0 unspecified atom stereocenters. The van der Waals surface area contributed by atoms with Crippen molar-refractivity contribution in [2.45, 2.75) is 70.9 Å². The van der Waals surface area contributed by atoms with Gasteiger partial charge < -0.3 is 15.5 Å². The molecule has 2 aliphatic carbocycles. The summed E-state index contributed by atoms with van der Waals surface area (Å²) in [5, 5.41) is 9.07. The van der Waals surface area contributed by atoms with E-state index in [-0.39, 0.29) is 23.4 Å². The largest absolute Gasteiger partial charge is 0.356 e. The number of pyridine rings is 1. The second-order valence-corrected chi connectivity index (χ2v) is 12.5. The Morgan fingerprint density at radius 2 is 1.78 bits per heavy atom. The van der Waals surface area contributed by atoms with E-state index < -0.39 is 0 Å². The van der Waals surface area contributed by atoms with Crippen LogP contribution in [-0.4, -0.2) is 76.6 Å². The van der Waals surface area contributed by atoms with Gasteiger partial charge >= 0.3 is 0 Å². The molecule has 0 atom stereocenters. The number of amides is 1. The van der Waals surface area contributed by atoms with Gasteiger partial charge in [0.2, 0.25) is 11.9 Å². The fourth-order valence-electron chi connectivity index (χ4n) is 6.45. The number of aromatic nitrogens is 3. The number of hydrogen-bond acceptors (Lipinski definition) is 7. The van der Waals surface area contributed by atoms with E-state index >= 15 is 0 Å². The lowest BCUT2D eigenvalue weighted by Crippen LogP contribution is -2.43. The second kappa shape index (κ2) is 12.4. The van der Waals surface area contributed by atoms with Gasteiger partial charge in [-0.25, -0.2) is 4.98 Å². The first kappa shape index (κ1) is 28.1. The van der Waals surface area contributed by atoms with Crippen LogP contribution in [-0.2, 0) is 11.3 Å². The molecule has 1 amide bonds. The molecule has 3 aromatic rings. The Bertz CT molecular complexity index is 1430. The van der Waals surface area contributed by atoms with Crippen molar-refractivity contribution in [3.05, 3.63) is 40.3 Å². The summed E-state index contributed by atoms with van der Waals surface area (Å²) < 4.78 is 1.93. The van der Waals surface area contributed by atoms with E-state index in [1.165, 1.54) is 18.4 Å². The number of anilines is 1. The van der Waals surface area contributed by atoms with Crippen LogP contribution >= 0.6 is 0 Å². The molecule has 3 aliphatic rings. The summed E-state index contributed by atoms with van der Waals surface area (Å²) in [6.07, 6.45) is 9.66. The Kier molecular flexibility index (Phi) is 8.53. The third-order valence-electron chi connectivity index (χ3n) is 9.33. The Morgan fingerprint density at radius 3 is 2.51 bits per heavy atom. The van der Waals surface area contributed by atoms with E-state index in [1.54, 1.807) is 0 Å². The molecule has 6 rings (SSSR count). The standard InChI is InChI=1S/C32H45N7O2/c1-3-4-13-33-32-35-20-28-26-12-7-23(21-38-16-14-37(2)15-17-38)18-27(26)31(41)39(29(28)36-32)25-10-8-24(9-11-25)30(40)34-19-22-5-6-22/h7,12,18,20,22,24-25H,3-6,8-11,13-17,19,21H2,1-2H3,(H,34,40)(H,33,35,36)/t24-,25-. The van der Waals surface area contributed by atoms with Gasteiger partial charge in [0.15, 0.2) is 0 Å². The predicted octanol–water partition coefficient (Wildman–Crippen LogP) is 4.16. The summed E-state index contributed by atoms with van der Waals surface area (Å²) >= 11 is 0. The van der Waals surface area contributed by atoms with Crippen molar-refractivity contribution in [3.8, 4) is 0 Å². The number of nitrogens with zero attached hydrogens (tertiary/aromatic N) is 5. The number of unbranched alkanes of at least 4 members (excludes halogenated alkanes) is 1. The Balaban J connectivity index is 1.31. The number of fused-ring (bicyclic) bond motifs is 3. The minimum absolute atomic E-state index is 0.0153. The average molecular weight is 560 g/mol. The molecule has 3 fully saturated rings. The lowest BCUT2D eigenvalue weighted by molar-refractivity contribution is -0.126. The molecule has 1 aliphatic heterocycles. The van der Waals surface area contributed by atoms with E-state index in [9.17, 15) is 9.59 Å². The summed E-state index contributed by atoms with van der Waals surface area (Å²) in [4.78, 5) is 41.5. The Hall–Kier alpha value is -3.04. The fourth-order valence-corrected chi connectivity index (χ4v) is 6.45. The molecule has 3 heterocycles. The minimum Gasteiger partial charge on any atom is -0.356 e. The maximum Gasteiger partial charge on any atom is 0.260 e. The smallest absolute Gasteiger partial charge is 0.260 e. The van der Waals surface area contributed by atoms with Crippen LogP contribution in [0.2, 0.25) is 0 Å². The highest BCUT2D eigenvalue weighted by atomic mass is 16.2. The van der Waals surface area contributed by atoms with Crippen molar-refractivity contribution in [2.75, 3.05) is 51.6 Å². The maximum absolute atomic E-state index is 14.3. The summed E-state index contributed by atoms with van der Waals surface area (Å²) in [5.41, 5.74) is 1.89. The number of carbonyl (C=O) groups is 1. The molecule has 2 aromatic heterocycles. The van der Waals surface area contributed by atoms with Crippen molar-refractivity contribution in [2.24, 2.45) is 11.8 Å². The van der Waals surface area contributed by atoms with Crippen LogP contribution in [0.15, 0.2) is 29.2 Å². The highest BCUT2D eigenvalue weighted by Gasteiger charge is 2.31. The van der Waals surface area contributed by atoms with Crippen LogP contribution in [0.1, 0.15) is 69.9 Å². The van der Waals surface area contributed by atoms with Crippen molar-refractivity contribution >= 4 is 33.7 Å². The van der Waals surface area contributed by atoms with Crippen LogP contribution in [0, 0.1) is 11.8 Å². The van der Waals surface area contributed by atoms with Crippen LogP contribution < -0.4 is 16.2 Å². The van der Waals surface area contributed by atoms with E-state index in [1.807, 2.05) is 10.8 Å². The number of piperazine rings is 1. The number of likely N-dealkylation sites (N-methyl/N-ethyl adjacent to an activating group) is 1. The maximum atomic E-state index is 14.3. The zero-order chi connectivity index (χ0) is 28.3. The summed E-state index contributed by atoms with van der Waals surface area (Å²) in [6.45, 7) is 8.83. The molecule has 1 saturated heterocycles. The summed E-state index contributed by atoms with van der Waals surface area (Å²) in [5.74, 6) is 1.46. The van der Waals surface area contributed by atoms with Gasteiger partial charge in [-0.2, -0.15) is 4.98 Å². The van der Waals surface area contributed by atoms with Gasteiger partial charge in [-0.3, -0.25) is 19.1 Å². The van der Waals surface area contributed by atoms with Crippen LogP contribution in [0.3, 0.4) is 0 Å². The summed E-state index contributed by atoms with van der Waals surface area (Å²) in [6, 6.07) is 6.35. The van der Waals surface area contributed by atoms with Crippen molar-refractivity contribution in [3.63, 3.8) is 0 Å². The summed E-state index contributed by atoms with van der Waals surface area (Å²) in [7, 11) is 2.17. The van der Waals surface area contributed by atoms with Gasteiger partial charge in [-0.1, -0.05) is 25.5 Å². The second-order valence-electron chi connectivity index (χ2n) is 12.5. The zero-order valence-corrected chi connectivity index (χ0v) is 24.7. The topological polar surface area (TPSA) is 95.4 Å². The molecule has 2 saturated carbocycles. The van der Waals surface area contributed by atoms with Gasteiger partial charge in [-0.15, -0.1) is 0 Å². The van der Waals surface area contributed by atoms with Crippen LogP contribution in [0.4, 0.5) is 5.95 Å². The molecular weight excluding hydrogens is 514 g/mol. The van der Waals surface area contributed by atoms with Gasteiger partial charge in [0.05, 0.1) is 0 Å². The Labute approximate surface area is 242 Å². The quantitative estimate of drug-likeness (QED) is 0.285. The number of benzene rings is 1.